The molecule has 3 aromatic carbocycles. The van der Waals surface area contributed by atoms with E-state index >= 15 is 0 Å². The maximum absolute atomic E-state index is 12.6. The lowest BCUT2D eigenvalue weighted by Gasteiger charge is -2.24. The summed E-state index contributed by atoms with van der Waals surface area (Å²) in [7, 11) is -3.35. The number of rotatable bonds is 9. The van der Waals surface area contributed by atoms with E-state index in [4.69, 9.17) is 5.11 Å². The highest BCUT2D eigenvalue weighted by Crippen LogP contribution is 2.52. The van der Waals surface area contributed by atoms with E-state index in [1.165, 1.54) is 6.26 Å². The minimum absolute atomic E-state index is 0.0411. The van der Waals surface area contributed by atoms with Crippen LogP contribution in [0.25, 0.3) is 33.2 Å². The van der Waals surface area contributed by atoms with Crippen LogP contribution in [0.5, 0.6) is 0 Å². The number of aliphatic carboxylic acids is 1. The van der Waals surface area contributed by atoms with Crippen LogP contribution in [-0.4, -0.2) is 36.5 Å². The standard InChI is InChI=1S/C31H31NO4S2/c1-30(2,38(3,35)36)25-17-24-8-5-15-32-29(24)27(18-25)23-7-4-6-22(16-23)21-9-11-26(12-10-21)37-20-31(13-14-31)19-28(33)34/h4-12,15-18H,13-14,19-20H2,1-3H3,(H,33,34). The van der Waals surface area contributed by atoms with Crippen molar-refractivity contribution in [1.82, 2.24) is 4.98 Å². The largest absolute Gasteiger partial charge is 0.481 e. The van der Waals surface area contributed by atoms with Crippen molar-refractivity contribution >= 4 is 38.5 Å². The third-order valence-corrected chi connectivity index (χ3v) is 11.2. The first-order chi connectivity index (χ1) is 18.0. The van der Waals surface area contributed by atoms with Crippen LogP contribution in [0.15, 0.2) is 83.9 Å². The van der Waals surface area contributed by atoms with Crippen molar-refractivity contribution in [3.63, 3.8) is 0 Å². The van der Waals surface area contributed by atoms with Crippen molar-refractivity contribution in [2.24, 2.45) is 5.41 Å². The summed E-state index contributed by atoms with van der Waals surface area (Å²) in [6.45, 7) is 3.48. The van der Waals surface area contributed by atoms with Crippen LogP contribution >= 0.6 is 11.8 Å². The van der Waals surface area contributed by atoms with Crippen molar-refractivity contribution in [1.29, 1.82) is 0 Å². The van der Waals surface area contributed by atoms with Crippen LogP contribution in [0.3, 0.4) is 0 Å². The third kappa shape index (κ3) is 5.36. The molecule has 0 spiro atoms. The fraction of sp³-hybridized carbons (Fsp3) is 0.290. The van der Waals surface area contributed by atoms with Crippen LogP contribution in [0, 0.1) is 5.41 Å². The fourth-order valence-electron chi connectivity index (χ4n) is 4.69. The van der Waals surface area contributed by atoms with E-state index in [0.717, 1.165) is 62.2 Å². The number of carboxylic acids is 1. The molecule has 1 fully saturated rings. The number of pyridine rings is 1. The van der Waals surface area contributed by atoms with E-state index in [-0.39, 0.29) is 11.8 Å². The van der Waals surface area contributed by atoms with E-state index in [1.54, 1.807) is 31.8 Å². The number of hydrogen-bond acceptors (Lipinski definition) is 5. The van der Waals surface area contributed by atoms with Crippen molar-refractivity contribution in [2.45, 2.75) is 42.8 Å². The Morgan fingerprint density at radius 1 is 0.974 bits per heavy atom. The molecule has 196 valence electrons. The molecular weight excluding hydrogens is 514 g/mol. The maximum atomic E-state index is 12.6. The first kappa shape index (κ1) is 26.4. The number of nitrogens with zero attached hydrogens (tertiary/aromatic N) is 1. The predicted octanol–water partition coefficient (Wildman–Crippen LogP) is 7.20. The number of hydrogen-bond donors (Lipinski definition) is 1. The topological polar surface area (TPSA) is 84.3 Å². The van der Waals surface area contributed by atoms with Gasteiger partial charge in [-0.05, 0) is 90.8 Å². The lowest BCUT2D eigenvalue weighted by atomic mass is 9.92. The Morgan fingerprint density at radius 2 is 1.68 bits per heavy atom. The smallest absolute Gasteiger partial charge is 0.303 e. The van der Waals surface area contributed by atoms with Gasteiger partial charge in [0.2, 0.25) is 0 Å². The molecule has 0 aliphatic heterocycles. The van der Waals surface area contributed by atoms with E-state index in [9.17, 15) is 13.2 Å². The molecule has 0 saturated heterocycles. The number of aromatic nitrogens is 1. The zero-order valence-electron chi connectivity index (χ0n) is 21.8. The number of fused-ring (bicyclic) bond motifs is 1. The minimum Gasteiger partial charge on any atom is -0.481 e. The highest BCUT2D eigenvalue weighted by atomic mass is 32.2. The summed E-state index contributed by atoms with van der Waals surface area (Å²) < 4.78 is 24.2. The van der Waals surface area contributed by atoms with Crippen molar-refractivity contribution in [2.75, 3.05) is 12.0 Å². The molecule has 5 nitrogen and oxygen atoms in total. The molecule has 1 saturated carbocycles. The fourth-order valence-corrected chi connectivity index (χ4v) is 6.43. The molecular formula is C31H31NO4S2. The van der Waals surface area contributed by atoms with Gasteiger partial charge >= 0.3 is 5.97 Å². The van der Waals surface area contributed by atoms with Gasteiger partial charge in [-0.2, -0.15) is 0 Å². The quantitative estimate of drug-likeness (QED) is 0.224. The van der Waals surface area contributed by atoms with Gasteiger partial charge in [0, 0.05) is 34.1 Å². The summed E-state index contributed by atoms with van der Waals surface area (Å²) in [5, 5.41) is 10.1. The molecule has 1 aliphatic carbocycles. The zero-order valence-corrected chi connectivity index (χ0v) is 23.4. The van der Waals surface area contributed by atoms with E-state index < -0.39 is 20.6 Å². The molecule has 5 rings (SSSR count). The second-order valence-electron chi connectivity index (χ2n) is 10.8. The summed E-state index contributed by atoms with van der Waals surface area (Å²) in [5.41, 5.74) is 5.53. The van der Waals surface area contributed by atoms with Crippen LogP contribution in [0.1, 0.15) is 38.7 Å². The van der Waals surface area contributed by atoms with Crippen molar-refractivity contribution in [3.05, 3.63) is 84.6 Å². The molecule has 1 heterocycles. The van der Waals surface area contributed by atoms with Gasteiger partial charge in [0.25, 0.3) is 0 Å². The molecule has 0 atom stereocenters. The summed E-state index contributed by atoms with van der Waals surface area (Å²) in [4.78, 5) is 16.9. The molecule has 1 aromatic heterocycles. The van der Waals surface area contributed by atoms with Gasteiger partial charge in [-0.1, -0.05) is 36.4 Å². The van der Waals surface area contributed by atoms with Gasteiger partial charge in [-0.15, -0.1) is 11.8 Å². The Balaban J connectivity index is 1.46. The van der Waals surface area contributed by atoms with Gasteiger partial charge in [0.15, 0.2) is 9.84 Å². The Hall–Kier alpha value is -3.16. The number of carbonyl (C=O) groups is 1. The molecule has 1 aliphatic rings. The molecule has 1 N–H and O–H groups in total. The Labute approximate surface area is 228 Å². The second-order valence-corrected chi connectivity index (χ2v) is 14.5. The molecule has 0 unspecified atom stereocenters. The molecule has 0 bridgehead atoms. The zero-order chi connectivity index (χ0) is 27.1. The highest BCUT2D eigenvalue weighted by Gasteiger charge is 2.44. The monoisotopic (exact) mass is 545 g/mol. The van der Waals surface area contributed by atoms with Crippen LogP contribution in [-0.2, 0) is 19.4 Å². The van der Waals surface area contributed by atoms with Gasteiger partial charge < -0.3 is 5.11 Å². The number of benzene rings is 3. The first-order valence-corrected chi connectivity index (χ1v) is 15.5. The normalized spacial score (nSPS) is 14.9. The summed E-state index contributed by atoms with van der Waals surface area (Å²) in [5.74, 6) is 0.112. The summed E-state index contributed by atoms with van der Waals surface area (Å²) in [6, 6.07) is 24.3. The molecule has 38 heavy (non-hydrogen) atoms. The Morgan fingerprint density at radius 3 is 2.34 bits per heavy atom. The van der Waals surface area contributed by atoms with E-state index in [0.29, 0.717) is 0 Å². The van der Waals surface area contributed by atoms with E-state index in [2.05, 4.69) is 41.4 Å². The van der Waals surface area contributed by atoms with Crippen molar-refractivity contribution in [3.8, 4) is 22.3 Å². The number of carboxylic acid groups (broad SMARTS) is 1. The van der Waals surface area contributed by atoms with Gasteiger partial charge in [0.1, 0.15) is 0 Å². The van der Waals surface area contributed by atoms with Gasteiger partial charge in [-0.25, -0.2) is 8.42 Å². The second kappa shape index (κ2) is 9.86. The van der Waals surface area contributed by atoms with Crippen LogP contribution < -0.4 is 0 Å². The Bertz CT molecular complexity index is 1620. The predicted molar refractivity (Wildman–Crippen MR) is 155 cm³/mol. The SMILES string of the molecule is CC(C)(c1cc(-c2cccc(-c3ccc(SCC4(CC(=O)O)CC4)cc3)c2)c2ncccc2c1)S(C)(=O)=O. The third-order valence-electron chi connectivity index (χ3n) is 7.72. The molecule has 0 amide bonds. The molecule has 4 aromatic rings. The molecule has 0 radical (unpaired) electrons. The van der Waals surface area contributed by atoms with E-state index in [1.807, 2.05) is 36.4 Å². The van der Waals surface area contributed by atoms with Crippen LogP contribution in [0.4, 0.5) is 0 Å². The van der Waals surface area contributed by atoms with Gasteiger partial charge in [-0.3, -0.25) is 9.78 Å². The molecule has 7 heteroatoms. The van der Waals surface area contributed by atoms with Gasteiger partial charge in [0.05, 0.1) is 16.7 Å². The van der Waals surface area contributed by atoms with Crippen molar-refractivity contribution < 1.29 is 18.3 Å². The Kier molecular flexibility index (Phi) is 6.86. The maximum Gasteiger partial charge on any atom is 0.303 e. The number of thioether (sulfide) groups is 1. The number of sulfone groups is 1. The summed E-state index contributed by atoms with van der Waals surface area (Å²) in [6.07, 6.45) is 5.26. The highest BCUT2D eigenvalue weighted by molar-refractivity contribution is 7.99. The summed E-state index contributed by atoms with van der Waals surface area (Å²) >= 11 is 1.72. The minimum atomic E-state index is -3.35. The lowest BCUT2D eigenvalue weighted by molar-refractivity contribution is -0.138. The van der Waals surface area contributed by atoms with Crippen LogP contribution in [0.2, 0.25) is 0 Å². The average molecular weight is 546 g/mol. The average Bonchev–Trinajstić information content (AvgIpc) is 3.65. The lowest BCUT2D eigenvalue weighted by Crippen LogP contribution is -2.28. The first-order valence-electron chi connectivity index (χ1n) is 12.6.